The lowest BCUT2D eigenvalue weighted by molar-refractivity contribution is 0.0697. The first-order valence-corrected chi connectivity index (χ1v) is 4.87. The predicted octanol–water partition coefficient (Wildman–Crippen LogP) is 0.843. The van der Waals surface area contributed by atoms with E-state index in [0.29, 0.717) is 12.2 Å². The lowest BCUT2D eigenvalue weighted by atomic mass is 10.2. The summed E-state index contributed by atoms with van der Waals surface area (Å²) in [6.45, 7) is 3.81. The fraction of sp³-hybridized carbons (Fsp3) is 0.455. The lowest BCUT2D eigenvalue weighted by Gasteiger charge is -2.18. The Balaban J connectivity index is 2.81. The summed E-state index contributed by atoms with van der Waals surface area (Å²) in [4.78, 5) is 17.4. The minimum atomic E-state index is -0.525. The van der Waals surface area contributed by atoms with Gasteiger partial charge in [-0.25, -0.2) is 0 Å². The van der Waals surface area contributed by atoms with Gasteiger partial charge in [0.25, 0.3) is 5.91 Å². The number of aliphatic hydroxyl groups is 1. The molecule has 0 saturated heterocycles. The van der Waals surface area contributed by atoms with Crippen LogP contribution in [-0.2, 0) is 0 Å². The number of carbonyl (C=O) groups excluding carboxylic acids is 1. The molecule has 4 heteroatoms. The SMILES string of the molecule is Cc1cccnc1C(=O)N(C)CC(C)O. The number of carbonyl (C=O) groups is 1. The minimum Gasteiger partial charge on any atom is -0.392 e. The van der Waals surface area contributed by atoms with Crippen LogP contribution in [0.25, 0.3) is 0 Å². The molecule has 0 aliphatic heterocycles. The maximum absolute atomic E-state index is 11.9. The van der Waals surface area contributed by atoms with Gasteiger partial charge in [0.15, 0.2) is 0 Å². The van der Waals surface area contributed by atoms with Gasteiger partial charge in [0.1, 0.15) is 5.69 Å². The van der Waals surface area contributed by atoms with Crippen molar-refractivity contribution in [2.75, 3.05) is 13.6 Å². The summed E-state index contributed by atoms with van der Waals surface area (Å²) >= 11 is 0. The Labute approximate surface area is 89.6 Å². The van der Waals surface area contributed by atoms with E-state index in [1.54, 1.807) is 26.2 Å². The van der Waals surface area contributed by atoms with E-state index in [4.69, 9.17) is 0 Å². The highest BCUT2D eigenvalue weighted by atomic mass is 16.3. The van der Waals surface area contributed by atoms with Gasteiger partial charge < -0.3 is 10.0 Å². The number of hydrogen-bond donors (Lipinski definition) is 1. The van der Waals surface area contributed by atoms with Gasteiger partial charge in [0.2, 0.25) is 0 Å². The molecular formula is C11H16N2O2. The van der Waals surface area contributed by atoms with Gasteiger partial charge in [-0.05, 0) is 25.5 Å². The number of amides is 1. The molecule has 1 N–H and O–H groups in total. The fourth-order valence-electron chi connectivity index (χ4n) is 1.37. The topological polar surface area (TPSA) is 53.4 Å². The normalized spacial score (nSPS) is 12.3. The van der Waals surface area contributed by atoms with Crippen LogP contribution in [0.5, 0.6) is 0 Å². The van der Waals surface area contributed by atoms with E-state index in [0.717, 1.165) is 5.56 Å². The highest BCUT2D eigenvalue weighted by Gasteiger charge is 2.16. The van der Waals surface area contributed by atoms with E-state index in [1.165, 1.54) is 4.90 Å². The number of pyridine rings is 1. The third-order valence-corrected chi connectivity index (χ3v) is 2.10. The van der Waals surface area contributed by atoms with Crippen molar-refractivity contribution in [3.05, 3.63) is 29.6 Å². The molecule has 0 aliphatic rings. The van der Waals surface area contributed by atoms with Crippen LogP contribution in [0, 0.1) is 6.92 Å². The lowest BCUT2D eigenvalue weighted by Crippen LogP contribution is -2.33. The average molecular weight is 208 g/mol. The molecule has 0 bridgehead atoms. The molecule has 0 aromatic carbocycles. The third-order valence-electron chi connectivity index (χ3n) is 2.10. The smallest absolute Gasteiger partial charge is 0.272 e. The molecule has 1 aromatic heterocycles. The standard InChI is InChI=1S/C11H16N2O2/c1-8-5-4-6-12-10(8)11(15)13(3)7-9(2)14/h4-6,9,14H,7H2,1-3H3. The van der Waals surface area contributed by atoms with E-state index in [9.17, 15) is 9.90 Å². The Hall–Kier alpha value is -1.42. The van der Waals surface area contributed by atoms with Crippen molar-refractivity contribution in [2.24, 2.45) is 0 Å². The average Bonchev–Trinajstić information content (AvgIpc) is 2.16. The van der Waals surface area contributed by atoms with Crippen LogP contribution in [0.4, 0.5) is 0 Å². The Kier molecular flexibility index (Phi) is 3.80. The van der Waals surface area contributed by atoms with E-state index < -0.39 is 6.10 Å². The van der Waals surface area contributed by atoms with E-state index in [-0.39, 0.29) is 5.91 Å². The first-order valence-electron chi connectivity index (χ1n) is 4.87. The maximum atomic E-state index is 11.9. The van der Waals surface area contributed by atoms with Crippen LogP contribution in [0.15, 0.2) is 18.3 Å². The van der Waals surface area contributed by atoms with Gasteiger partial charge in [-0.3, -0.25) is 9.78 Å². The molecular weight excluding hydrogens is 192 g/mol. The Morgan fingerprint density at radius 1 is 1.67 bits per heavy atom. The summed E-state index contributed by atoms with van der Waals surface area (Å²) in [5, 5.41) is 9.17. The molecule has 0 saturated carbocycles. The van der Waals surface area contributed by atoms with Crippen LogP contribution < -0.4 is 0 Å². The van der Waals surface area contributed by atoms with Crippen molar-refractivity contribution >= 4 is 5.91 Å². The number of aromatic nitrogens is 1. The second-order valence-electron chi connectivity index (χ2n) is 3.70. The first kappa shape index (κ1) is 11.7. The van der Waals surface area contributed by atoms with Crippen molar-refractivity contribution in [1.82, 2.24) is 9.88 Å². The van der Waals surface area contributed by atoms with Crippen molar-refractivity contribution in [1.29, 1.82) is 0 Å². The quantitative estimate of drug-likeness (QED) is 0.801. The Morgan fingerprint density at radius 2 is 2.33 bits per heavy atom. The summed E-state index contributed by atoms with van der Waals surface area (Å²) in [5.74, 6) is -0.158. The third kappa shape index (κ3) is 3.02. The summed E-state index contributed by atoms with van der Waals surface area (Å²) in [6.07, 6.45) is 1.07. The second kappa shape index (κ2) is 4.89. The molecule has 1 unspecified atom stereocenters. The molecule has 1 rings (SSSR count). The molecule has 82 valence electrons. The zero-order valence-electron chi connectivity index (χ0n) is 9.27. The van der Waals surface area contributed by atoms with Gasteiger partial charge in [0.05, 0.1) is 6.10 Å². The molecule has 15 heavy (non-hydrogen) atoms. The molecule has 0 fully saturated rings. The van der Waals surface area contributed by atoms with Crippen LogP contribution in [0.2, 0.25) is 0 Å². The summed E-state index contributed by atoms with van der Waals surface area (Å²) in [7, 11) is 1.66. The van der Waals surface area contributed by atoms with Crippen LogP contribution >= 0.6 is 0 Å². The molecule has 1 atom stereocenters. The molecule has 0 radical (unpaired) electrons. The summed E-state index contributed by atoms with van der Waals surface area (Å²) < 4.78 is 0. The Bertz CT molecular complexity index is 350. The second-order valence-corrected chi connectivity index (χ2v) is 3.70. The zero-order valence-corrected chi connectivity index (χ0v) is 9.27. The van der Waals surface area contributed by atoms with Gasteiger partial charge in [-0.2, -0.15) is 0 Å². The summed E-state index contributed by atoms with van der Waals surface area (Å²) in [6, 6.07) is 3.64. The van der Waals surface area contributed by atoms with Crippen LogP contribution in [0.3, 0.4) is 0 Å². The molecule has 4 nitrogen and oxygen atoms in total. The molecule has 0 aliphatic carbocycles. The number of aliphatic hydroxyl groups excluding tert-OH is 1. The van der Waals surface area contributed by atoms with Crippen molar-refractivity contribution in [2.45, 2.75) is 20.0 Å². The summed E-state index contributed by atoms with van der Waals surface area (Å²) in [5.41, 5.74) is 1.29. The van der Waals surface area contributed by atoms with E-state index >= 15 is 0 Å². The van der Waals surface area contributed by atoms with Crippen LogP contribution in [0.1, 0.15) is 23.0 Å². The highest BCUT2D eigenvalue weighted by molar-refractivity contribution is 5.93. The van der Waals surface area contributed by atoms with Gasteiger partial charge >= 0.3 is 0 Å². The molecule has 1 heterocycles. The highest BCUT2D eigenvalue weighted by Crippen LogP contribution is 2.06. The van der Waals surface area contributed by atoms with Gasteiger partial charge in [-0.15, -0.1) is 0 Å². The van der Waals surface area contributed by atoms with E-state index in [2.05, 4.69) is 4.98 Å². The largest absolute Gasteiger partial charge is 0.392 e. The van der Waals surface area contributed by atoms with Crippen molar-refractivity contribution < 1.29 is 9.90 Å². The first-order chi connectivity index (χ1) is 7.02. The monoisotopic (exact) mass is 208 g/mol. The number of likely N-dealkylation sites (N-methyl/N-ethyl adjacent to an activating group) is 1. The van der Waals surface area contributed by atoms with Crippen molar-refractivity contribution in [3.8, 4) is 0 Å². The maximum Gasteiger partial charge on any atom is 0.272 e. The molecule has 1 aromatic rings. The molecule has 1 amide bonds. The van der Waals surface area contributed by atoms with Gasteiger partial charge in [0, 0.05) is 19.8 Å². The number of nitrogens with zero attached hydrogens (tertiary/aromatic N) is 2. The van der Waals surface area contributed by atoms with Crippen molar-refractivity contribution in [3.63, 3.8) is 0 Å². The van der Waals surface area contributed by atoms with Gasteiger partial charge in [-0.1, -0.05) is 6.07 Å². The number of aryl methyl sites for hydroxylation is 1. The predicted molar refractivity (Wildman–Crippen MR) is 57.6 cm³/mol. The Morgan fingerprint density at radius 3 is 2.87 bits per heavy atom. The number of rotatable bonds is 3. The van der Waals surface area contributed by atoms with Crippen LogP contribution in [-0.4, -0.2) is 40.6 Å². The fourth-order valence-corrected chi connectivity index (χ4v) is 1.37. The van der Waals surface area contributed by atoms with E-state index in [1.807, 2.05) is 13.0 Å². The molecule has 0 spiro atoms. The zero-order chi connectivity index (χ0) is 11.4. The minimum absolute atomic E-state index is 0.158. The number of hydrogen-bond acceptors (Lipinski definition) is 3.